The summed E-state index contributed by atoms with van der Waals surface area (Å²) >= 11 is 0. The number of carboxylic acids is 1. The zero-order valence-electron chi connectivity index (χ0n) is 12.3. The molecule has 0 spiro atoms. The average molecular weight is 299 g/mol. The number of carbonyl (C=O) groups is 1. The van der Waals surface area contributed by atoms with Gasteiger partial charge in [-0.05, 0) is 44.0 Å². The topological polar surface area (TPSA) is 75.6 Å². The van der Waals surface area contributed by atoms with Crippen molar-refractivity contribution in [3.8, 4) is 11.6 Å². The maximum absolute atomic E-state index is 10.8. The van der Waals surface area contributed by atoms with Crippen molar-refractivity contribution in [2.24, 2.45) is 0 Å². The van der Waals surface area contributed by atoms with E-state index in [2.05, 4.69) is 14.9 Å². The summed E-state index contributed by atoms with van der Waals surface area (Å²) in [4.78, 5) is 21.9. The monoisotopic (exact) mass is 299 g/mol. The Balaban J connectivity index is 1.80. The van der Waals surface area contributed by atoms with E-state index >= 15 is 0 Å². The van der Waals surface area contributed by atoms with Gasteiger partial charge in [0, 0.05) is 24.8 Å². The SMILES string of the molecule is Cc1cc(Oc2ccc(C(=O)O)cc2)nc(N2CCCC2)n1. The Morgan fingerprint density at radius 2 is 1.86 bits per heavy atom. The van der Waals surface area contributed by atoms with Crippen LogP contribution in [-0.2, 0) is 0 Å². The van der Waals surface area contributed by atoms with E-state index in [0.717, 1.165) is 31.6 Å². The van der Waals surface area contributed by atoms with E-state index in [1.165, 1.54) is 12.1 Å². The molecule has 0 unspecified atom stereocenters. The molecule has 0 amide bonds. The quantitative estimate of drug-likeness (QED) is 0.935. The van der Waals surface area contributed by atoms with Gasteiger partial charge in [0.15, 0.2) is 0 Å². The van der Waals surface area contributed by atoms with Crippen LogP contribution in [0, 0.1) is 6.92 Å². The summed E-state index contributed by atoms with van der Waals surface area (Å²) in [6.45, 7) is 3.84. The lowest BCUT2D eigenvalue weighted by atomic mass is 10.2. The number of rotatable bonds is 4. The summed E-state index contributed by atoms with van der Waals surface area (Å²) in [7, 11) is 0. The molecule has 1 aromatic carbocycles. The molecule has 1 aliphatic heterocycles. The fourth-order valence-corrected chi connectivity index (χ4v) is 2.42. The van der Waals surface area contributed by atoms with Gasteiger partial charge in [-0.3, -0.25) is 0 Å². The van der Waals surface area contributed by atoms with Crippen molar-refractivity contribution in [1.29, 1.82) is 0 Å². The fraction of sp³-hybridized carbons (Fsp3) is 0.312. The van der Waals surface area contributed by atoms with Crippen molar-refractivity contribution in [2.75, 3.05) is 18.0 Å². The maximum Gasteiger partial charge on any atom is 0.335 e. The lowest BCUT2D eigenvalue weighted by Gasteiger charge is -2.16. The largest absolute Gasteiger partial charge is 0.478 e. The summed E-state index contributed by atoms with van der Waals surface area (Å²) in [6, 6.07) is 8.03. The highest BCUT2D eigenvalue weighted by atomic mass is 16.5. The number of aromatic nitrogens is 2. The second-order valence-corrected chi connectivity index (χ2v) is 5.27. The Hall–Kier alpha value is -2.63. The van der Waals surface area contributed by atoms with E-state index in [9.17, 15) is 4.79 Å². The van der Waals surface area contributed by atoms with Gasteiger partial charge in [-0.25, -0.2) is 9.78 Å². The number of aromatic carboxylic acids is 1. The molecule has 1 fully saturated rings. The molecule has 1 N–H and O–H groups in total. The normalized spacial score (nSPS) is 14.1. The van der Waals surface area contributed by atoms with Crippen LogP contribution < -0.4 is 9.64 Å². The summed E-state index contributed by atoms with van der Waals surface area (Å²) in [5.41, 5.74) is 1.07. The number of hydrogen-bond donors (Lipinski definition) is 1. The van der Waals surface area contributed by atoms with Crippen LogP contribution in [0.4, 0.5) is 5.95 Å². The van der Waals surface area contributed by atoms with Gasteiger partial charge in [-0.2, -0.15) is 4.98 Å². The average Bonchev–Trinajstić information content (AvgIpc) is 3.01. The molecule has 1 aromatic heterocycles. The third-order valence-corrected chi connectivity index (χ3v) is 3.53. The standard InChI is InChI=1S/C16H17N3O3/c1-11-10-14(18-16(17-11)19-8-2-3-9-19)22-13-6-4-12(5-7-13)15(20)21/h4-7,10H,2-3,8-9H2,1H3,(H,20,21). The Morgan fingerprint density at radius 3 is 2.50 bits per heavy atom. The maximum atomic E-state index is 10.8. The van der Waals surface area contributed by atoms with Gasteiger partial charge >= 0.3 is 5.97 Å². The predicted molar refractivity (Wildman–Crippen MR) is 81.7 cm³/mol. The van der Waals surface area contributed by atoms with E-state index < -0.39 is 5.97 Å². The molecule has 0 aliphatic carbocycles. The zero-order chi connectivity index (χ0) is 15.5. The number of aryl methyl sites for hydroxylation is 1. The first-order chi connectivity index (χ1) is 10.6. The summed E-state index contributed by atoms with van der Waals surface area (Å²) in [5, 5.41) is 8.89. The van der Waals surface area contributed by atoms with Crippen LogP contribution in [0.2, 0.25) is 0 Å². The lowest BCUT2D eigenvalue weighted by Crippen LogP contribution is -2.20. The number of carboxylic acid groups (broad SMARTS) is 1. The van der Waals surface area contributed by atoms with Crippen molar-refractivity contribution in [1.82, 2.24) is 9.97 Å². The Morgan fingerprint density at radius 1 is 1.18 bits per heavy atom. The van der Waals surface area contributed by atoms with Gasteiger partial charge in [0.05, 0.1) is 5.56 Å². The van der Waals surface area contributed by atoms with Crippen LogP contribution in [0.5, 0.6) is 11.6 Å². The van der Waals surface area contributed by atoms with Crippen LogP contribution in [0.25, 0.3) is 0 Å². The predicted octanol–water partition coefficient (Wildman–Crippen LogP) is 2.88. The van der Waals surface area contributed by atoms with Gasteiger partial charge in [0.1, 0.15) is 5.75 Å². The molecule has 3 rings (SSSR count). The van der Waals surface area contributed by atoms with Crippen LogP contribution in [0.15, 0.2) is 30.3 Å². The van der Waals surface area contributed by atoms with Crippen LogP contribution in [0.1, 0.15) is 28.9 Å². The molecule has 114 valence electrons. The third kappa shape index (κ3) is 3.16. The number of nitrogens with zero attached hydrogens (tertiary/aromatic N) is 3. The number of hydrogen-bond acceptors (Lipinski definition) is 5. The summed E-state index contributed by atoms with van der Waals surface area (Å²) in [6.07, 6.45) is 2.31. The van der Waals surface area contributed by atoms with E-state index in [0.29, 0.717) is 17.6 Å². The molecule has 2 aromatic rings. The van der Waals surface area contributed by atoms with Crippen molar-refractivity contribution in [2.45, 2.75) is 19.8 Å². The molecule has 6 nitrogen and oxygen atoms in total. The summed E-state index contributed by atoms with van der Waals surface area (Å²) < 4.78 is 5.72. The number of benzene rings is 1. The van der Waals surface area contributed by atoms with E-state index in [1.807, 2.05) is 6.92 Å². The van der Waals surface area contributed by atoms with E-state index in [4.69, 9.17) is 9.84 Å². The molecule has 0 bridgehead atoms. The highest BCUT2D eigenvalue weighted by Crippen LogP contribution is 2.24. The number of ether oxygens (including phenoxy) is 1. The van der Waals surface area contributed by atoms with Gasteiger partial charge in [-0.15, -0.1) is 0 Å². The van der Waals surface area contributed by atoms with E-state index in [1.54, 1.807) is 18.2 Å². The minimum atomic E-state index is -0.958. The molecule has 0 radical (unpaired) electrons. The fourth-order valence-electron chi connectivity index (χ4n) is 2.42. The second kappa shape index (κ2) is 6.01. The highest BCUT2D eigenvalue weighted by molar-refractivity contribution is 5.87. The van der Waals surface area contributed by atoms with Crippen LogP contribution >= 0.6 is 0 Å². The zero-order valence-corrected chi connectivity index (χ0v) is 12.3. The van der Waals surface area contributed by atoms with Gasteiger partial charge in [-0.1, -0.05) is 0 Å². The van der Waals surface area contributed by atoms with Crippen molar-refractivity contribution >= 4 is 11.9 Å². The van der Waals surface area contributed by atoms with Crippen molar-refractivity contribution in [3.05, 3.63) is 41.6 Å². The highest BCUT2D eigenvalue weighted by Gasteiger charge is 2.16. The van der Waals surface area contributed by atoms with Crippen molar-refractivity contribution < 1.29 is 14.6 Å². The first-order valence-corrected chi connectivity index (χ1v) is 7.24. The molecule has 0 saturated carbocycles. The third-order valence-electron chi connectivity index (χ3n) is 3.53. The molecular weight excluding hydrogens is 282 g/mol. The van der Waals surface area contributed by atoms with E-state index in [-0.39, 0.29) is 5.56 Å². The van der Waals surface area contributed by atoms with Crippen molar-refractivity contribution in [3.63, 3.8) is 0 Å². The number of anilines is 1. The Kier molecular flexibility index (Phi) is 3.91. The molecule has 1 saturated heterocycles. The smallest absolute Gasteiger partial charge is 0.335 e. The Bertz CT molecular complexity index is 680. The molecular formula is C16H17N3O3. The second-order valence-electron chi connectivity index (χ2n) is 5.27. The molecule has 1 aliphatic rings. The van der Waals surface area contributed by atoms with Crippen LogP contribution in [0.3, 0.4) is 0 Å². The molecule has 0 atom stereocenters. The first-order valence-electron chi connectivity index (χ1n) is 7.24. The minimum Gasteiger partial charge on any atom is -0.478 e. The van der Waals surface area contributed by atoms with Gasteiger partial charge < -0.3 is 14.7 Å². The van der Waals surface area contributed by atoms with Crippen LogP contribution in [-0.4, -0.2) is 34.1 Å². The molecule has 22 heavy (non-hydrogen) atoms. The molecule has 6 heteroatoms. The minimum absolute atomic E-state index is 0.226. The lowest BCUT2D eigenvalue weighted by molar-refractivity contribution is 0.0697. The van der Waals surface area contributed by atoms with Gasteiger partial charge in [0.25, 0.3) is 0 Å². The molecule has 2 heterocycles. The van der Waals surface area contributed by atoms with Gasteiger partial charge in [0.2, 0.25) is 11.8 Å². The first kappa shape index (κ1) is 14.3. The summed E-state index contributed by atoms with van der Waals surface area (Å²) in [5.74, 6) is 0.753. The Labute approximate surface area is 128 Å².